The minimum absolute atomic E-state index is 0.0501. The molecule has 0 spiro atoms. The van der Waals surface area contributed by atoms with Gasteiger partial charge in [-0.05, 0) is 47.0 Å². The van der Waals surface area contributed by atoms with Crippen molar-refractivity contribution in [3.63, 3.8) is 0 Å². The molecule has 1 aliphatic rings. The molecule has 0 aliphatic carbocycles. The number of benzene rings is 1. The summed E-state index contributed by atoms with van der Waals surface area (Å²) in [5.41, 5.74) is 2.58. The molecule has 90 valence electrons. The SMILES string of the molecule is Cc1cc(C)c(N2C(=O)COCC2=O)c(Br)c1. The van der Waals surface area contributed by atoms with Gasteiger partial charge in [0.25, 0.3) is 11.8 Å². The van der Waals surface area contributed by atoms with E-state index in [0.717, 1.165) is 15.6 Å². The number of aryl methyl sites for hydroxylation is 2. The molecule has 0 aromatic heterocycles. The summed E-state index contributed by atoms with van der Waals surface area (Å²) in [6, 6.07) is 3.83. The van der Waals surface area contributed by atoms with Gasteiger partial charge in [0.15, 0.2) is 0 Å². The molecular formula is C12H12BrNO3. The summed E-state index contributed by atoms with van der Waals surface area (Å²) in [7, 11) is 0. The van der Waals surface area contributed by atoms with Gasteiger partial charge in [-0.1, -0.05) is 6.07 Å². The van der Waals surface area contributed by atoms with Gasteiger partial charge >= 0.3 is 0 Å². The minimum Gasteiger partial charge on any atom is -0.362 e. The Kier molecular flexibility index (Phi) is 3.31. The second-order valence-electron chi connectivity index (χ2n) is 4.03. The van der Waals surface area contributed by atoms with Gasteiger partial charge in [0.1, 0.15) is 13.2 Å². The number of morpholine rings is 1. The highest BCUT2D eigenvalue weighted by Gasteiger charge is 2.30. The summed E-state index contributed by atoms with van der Waals surface area (Å²) in [6.45, 7) is 3.74. The molecule has 2 rings (SSSR count). The number of amides is 2. The van der Waals surface area contributed by atoms with Crippen LogP contribution in [-0.2, 0) is 14.3 Å². The Morgan fingerprint density at radius 3 is 2.29 bits per heavy atom. The Hall–Kier alpha value is -1.20. The number of hydrogen-bond donors (Lipinski definition) is 0. The lowest BCUT2D eigenvalue weighted by Crippen LogP contribution is -2.46. The van der Waals surface area contributed by atoms with Crippen molar-refractivity contribution in [3.8, 4) is 0 Å². The van der Waals surface area contributed by atoms with E-state index in [2.05, 4.69) is 15.9 Å². The number of halogens is 1. The summed E-state index contributed by atoms with van der Waals surface area (Å²) in [4.78, 5) is 24.7. The van der Waals surface area contributed by atoms with Crippen molar-refractivity contribution in [3.05, 3.63) is 27.7 Å². The highest BCUT2D eigenvalue weighted by Crippen LogP contribution is 2.32. The second kappa shape index (κ2) is 4.58. The maximum absolute atomic E-state index is 11.8. The largest absolute Gasteiger partial charge is 0.362 e. The van der Waals surface area contributed by atoms with E-state index in [1.165, 1.54) is 4.90 Å². The molecule has 0 N–H and O–H groups in total. The summed E-state index contributed by atoms with van der Waals surface area (Å²) in [6.07, 6.45) is 0. The van der Waals surface area contributed by atoms with E-state index in [4.69, 9.17) is 4.74 Å². The summed E-state index contributed by atoms with van der Waals surface area (Å²) in [5, 5.41) is 0. The van der Waals surface area contributed by atoms with Crippen LogP contribution in [0.2, 0.25) is 0 Å². The fourth-order valence-corrected chi connectivity index (χ4v) is 2.79. The second-order valence-corrected chi connectivity index (χ2v) is 4.88. The monoisotopic (exact) mass is 297 g/mol. The lowest BCUT2D eigenvalue weighted by atomic mass is 10.1. The molecule has 0 atom stereocenters. The van der Waals surface area contributed by atoms with Gasteiger partial charge < -0.3 is 4.74 Å². The van der Waals surface area contributed by atoms with Gasteiger partial charge in [0, 0.05) is 4.47 Å². The Morgan fingerprint density at radius 1 is 1.18 bits per heavy atom. The number of imide groups is 1. The molecule has 4 nitrogen and oxygen atoms in total. The predicted octanol–water partition coefficient (Wildman–Crippen LogP) is 1.96. The Labute approximate surface area is 108 Å². The zero-order valence-corrected chi connectivity index (χ0v) is 11.2. The summed E-state index contributed by atoms with van der Waals surface area (Å²) >= 11 is 3.40. The quantitative estimate of drug-likeness (QED) is 0.745. The molecule has 0 bridgehead atoms. The molecule has 1 heterocycles. The van der Waals surface area contributed by atoms with E-state index in [0.29, 0.717) is 5.69 Å². The lowest BCUT2D eigenvalue weighted by Gasteiger charge is -2.27. The molecule has 1 aliphatic heterocycles. The van der Waals surface area contributed by atoms with Gasteiger partial charge in [-0.3, -0.25) is 9.59 Å². The molecule has 1 aromatic rings. The third-order valence-electron chi connectivity index (χ3n) is 2.57. The standard InChI is InChI=1S/C12H12BrNO3/c1-7-3-8(2)12(9(13)4-7)14-10(15)5-17-6-11(14)16/h3-4H,5-6H2,1-2H3. The number of carbonyl (C=O) groups is 2. The van der Waals surface area contributed by atoms with Gasteiger partial charge in [0.2, 0.25) is 0 Å². The Balaban J connectivity index is 2.52. The van der Waals surface area contributed by atoms with Gasteiger partial charge in [-0.15, -0.1) is 0 Å². The molecule has 0 radical (unpaired) electrons. The van der Waals surface area contributed by atoms with E-state index in [9.17, 15) is 9.59 Å². The first-order valence-corrected chi connectivity index (χ1v) is 6.00. The maximum Gasteiger partial charge on any atom is 0.259 e. The van der Waals surface area contributed by atoms with E-state index in [1.54, 1.807) is 0 Å². The Bertz CT molecular complexity index is 460. The molecule has 0 unspecified atom stereocenters. The van der Waals surface area contributed by atoms with Crippen molar-refractivity contribution in [1.82, 2.24) is 0 Å². The number of anilines is 1. The van der Waals surface area contributed by atoms with E-state index in [-0.39, 0.29) is 25.0 Å². The Morgan fingerprint density at radius 2 is 1.76 bits per heavy atom. The van der Waals surface area contributed by atoms with Crippen LogP contribution in [0.4, 0.5) is 5.69 Å². The van der Waals surface area contributed by atoms with Crippen molar-refractivity contribution in [2.24, 2.45) is 0 Å². The van der Waals surface area contributed by atoms with Crippen LogP contribution in [-0.4, -0.2) is 25.0 Å². The topological polar surface area (TPSA) is 46.6 Å². The zero-order chi connectivity index (χ0) is 12.6. The summed E-state index contributed by atoms with van der Waals surface area (Å²) in [5.74, 6) is -0.650. The van der Waals surface area contributed by atoms with Gasteiger partial charge in [-0.25, -0.2) is 4.90 Å². The van der Waals surface area contributed by atoms with Crippen molar-refractivity contribution in [2.45, 2.75) is 13.8 Å². The van der Waals surface area contributed by atoms with Crippen LogP contribution in [0.1, 0.15) is 11.1 Å². The van der Waals surface area contributed by atoms with Crippen LogP contribution in [0.25, 0.3) is 0 Å². The zero-order valence-electron chi connectivity index (χ0n) is 9.62. The molecule has 0 saturated carbocycles. The van der Waals surface area contributed by atoms with Crippen LogP contribution in [0.5, 0.6) is 0 Å². The number of carbonyl (C=O) groups excluding carboxylic acids is 2. The van der Waals surface area contributed by atoms with E-state index >= 15 is 0 Å². The first kappa shape index (κ1) is 12.3. The smallest absolute Gasteiger partial charge is 0.259 e. The first-order chi connectivity index (χ1) is 8.00. The van der Waals surface area contributed by atoms with Crippen molar-refractivity contribution >= 4 is 33.4 Å². The average molecular weight is 298 g/mol. The third-order valence-corrected chi connectivity index (χ3v) is 3.18. The van der Waals surface area contributed by atoms with Gasteiger partial charge in [0.05, 0.1) is 5.69 Å². The van der Waals surface area contributed by atoms with Crippen LogP contribution in [0.15, 0.2) is 16.6 Å². The third kappa shape index (κ3) is 2.25. The molecule has 1 saturated heterocycles. The van der Waals surface area contributed by atoms with Crippen molar-refractivity contribution in [1.29, 1.82) is 0 Å². The molecule has 2 amide bonds. The maximum atomic E-state index is 11.8. The van der Waals surface area contributed by atoms with Crippen LogP contribution in [0.3, 0.4) is 0 Å². The fourth-order valence-electron chi connectivity index (χ4n) is 1.93. The van der Waals surface area contributed by atoms with Crippen LogP contribution < -0.4 is 4.90 Å². The van der Waals surface area contributed by atoms with Crippen molar-refractivity contribution < 1.29 is 14.3 Å². The average Bonchev–Trinajstić information content (AvgIpc) is 2.21. The van der Waals surface area contributed by atoms with E-state index in [1.807, 2.05) is 26.0 Å². The molecule has 5 heteroatoms. The molecule has 1 aromatic carbocycles. The van der Waals surface area contributed by atoms with Crippen molar-refractivity contribution in [2.75, 3.05) is 18.1 Å². The highest BCUT2D eigenvalue weighted by atomic mass is 79.9. The number of rotatable bonds is 1. The molecule has 1 fully saturated rings. The first-order valence-electron chi connectivity index (χ1n) is 5.21. The summed E-state index contributed by atoms with van der Waals surface area (Å²) < 4.78 is 5.64. The van der Waals surface area contributed by atoms with Crippen LogP contribution in [0, 0.1) is 13.8 Å². The van der Waals surface area contributed by atoms with E-state index < -0.39 is 0 Å². The number of hydrogen-bond acceptors (Lipinski definition) is 3. The van der Waals surface area contributed by atoms with Crippen LogP contribution >= 0.6 is 15.9 Å². The predicted molar refractivity (Wildman–Crippen MR) is 66.9 cm³/mol. The fraction of sp³-hybridized carbons (Fsp3) is 0.333. The number of ether oxygens (including phenoxy) is 1. The normalized spacial score (nSPS) is 16.5. The minimum atomic E-state index is -0.325. The lowest BCUT2D eigenvalue weighted by molar-refractivity contribution is -0.138. The molecular weight excluding hydrogens is 286 g/mol. The van der Waals surface area contributed by atoms with Gasteiger partial charge in [-0.2, -0.15) is 0 Å². The number of nitrogens with zero attached hydrogens (tertiary/aromatic N) is 1. The highest BCUT2D eigenvalue weighted by molar-refractivity contribution is 9.10. The molecule has 17 heavy (non-hydrogen) atoms.